The topological polar surface area (TPSA) is 46.5 Å². The van der Waals surface area contributed by atoms with E-state index in [1.54, 1.807) is 0 Å². The van der Waals surface area contributed by atoms with E-state index in [9.17, 15) is 4.79 Å². The van der Waals surface area contributed by atoms with E-state index in [0.29, 0.717) is 0 Å². The summed E-state index contributed by atoms with van der Waals surface area (Å²) in [6.45, 7) is 2.94. The highest BCUT2D eigenvalue weighted by Gasteiger charge is 2.04. The molecule has 0 amide bonds. The van der Waals surface area contributed by atoms with Gasteiger partial charge in [0.1, 0.15) is 0 Å². The van der Waals surface area contributed by atoms with E-state index in [2.05, 4.69) is 4.74 Å². The van der Waals surface area contributed by atoms with E-state index in [1.165, 1.54) is 21.0 Å². The standard InChI is InChI=1S/C6H10O3/c1-4(5(2)7)6(8)9-3/h7H,1-3H3/b5-4+. The van der Waals surface area contributed by atoms with Crippen LogP contribution in [0.15, 0.2) is 11.3 Å². The molecule has 0 aromatic heterocycles. The number of hydrogen-bond donors (Lipinski definition) is 1. The van der Waals surface area contributed by atoms with Crippen molar-refractivity contribution in [3.63, 3.8) is 0 Å². The van der Waals surface area contributed by atoms with Gasteiger partial charge in [0.25, 0.3) is 0 Å². The zero-order valence-corrected chi connectivity index (χ0v) is 5.76. The van der Waals surface area contributed by atoms with E-state index < -0.39 is 5.97 Å². The highest BCUT2D eigenvalue weighted by atomic mass is 16.5. The van der Waals surface area contributed by atoms with E-state index in [1.807, 2.05) is 0 Å². The summed E-state index contributed by atoms with van der Waals surface area (Å²) in [6.07, 6.45) is 0. The van der Waals surface area contributed by atoms with Crippen molar-refractivity contribution in [2.24, 2.45) is 0 Å². The molecular formula is C6H10O3. The van der Waals surface area contributed by atoms with Gasteiger partial charge in [-0.2, -0.15) is 0 Å². The summed E-state index contributed by atoms with van der Waals surface area (Å²) in [6, 6.07) is 0. The monoisotopic (exact) mass is 130 g/mol. The van der Waals surface area contributed by atoms with E-state index in [-0.39, 0.29) is 11.3 Å². The number of rotatable bonds is 1. The number of aliphatic hydroxyl groups excluding tert-OH is 1. The Labute approximate surface area is 53.9 Å². The molecule has 0 aliphatic rings. The number of allylic oxidation sites excluding steroid dienone is 1. The second-order valence-corrected chi connectivity index (χ2v) is 1.70. The number of ether oxygens (including phenoxy) is 1. The summed E-state index contributed by atoms with van der Waals surface area (Å²) in [4.78, 5) is 10.5. The number of methoxy groups -OCH3 is 1. The Balaban J connectivity index is 4.21. The minimum absolute atomic E-state index is 0.00171. The van der Waals surface area contributed by atoms with Crippen molar-refractivity contribution >= 4 is 5.97 Å². The minimum atomic E-state index is -0.491. The lowest BCUT2D eigenvalue weighted by atomic mass is 10.3. The highest BCUT2D eigenvalue weighted by Crippen LogP contribution is 1.99. The van der Waals surface area contributed by atoms with Crippen molar-refractivity contribution in [1.29, 1.82) is 0 Å². The van der Waals surface area contributed by atoms with Crippen LogP contribution >= 0.6 is 0 Å². The van der Waals surface area contributed by atoms with Crippen molar-refractivity contribution in [2.75, 3.05) is 7.11 Å². The molecule has 0 atom stereocenters. The molecule has 0 bridgehead atoms. The van der Waals surface area contributed by atoms with Gasteiger partial charge in [0.2, 0.25) is 0 Å². The van der Waals surface area contributed by atoms with Crippen LogP contribution in [-0.4, -0.2) is 18.2 Å². The van der Waals surface area contributed by atoms with Crippen LogP contribution in [0.2, 0.25) is 0 Å². The maximum atomic E-state index is 10.5. The molecule has 0 saturated carbocycles. The first kappa shape index (κ1) is 8.01. The first-order valence-corrected chi connectivity index (χ1v) is 2.54. The van der Waals surface area contributed by atoms with Crippen molar-refractivity contribution in [3.8, 4) is 0 Å². The third-order valence-electron chi connectivity index (χ3n) is 1.03. The van der Waals surface area contributed by atoms with Gasteiger partial charge < -0.3 is 9.84 Å². The van der Waals surface area contributed by atoms with Crippen molar-refractivity contribution < 1.29 is 14.6 Å². The molecule has 0 aromatic carbocycles. The molecule has 0 saturated heterocycles. The number of carbonyl (C=O) groups is 1. The average Bonchev–Trinajstić information content (AvgIpc) is 1.84. The molecule has 0 unspecified atom stereocenters. The van der Waals surface area contributed by atoms with Crippen LogP contribution in [0, 0.1) is 0 Å². The summed E-state index contributed by atoms with van der Waals surface area (Å²) in [7, 11) is 1.27. The van der Waals surface area contributed by atoms with Gasteiger partial charge in [-0.3, -0.25) is 0 Å². The quantitative estimate of drug-likeness (QED) is 0.327. The van der Waals surface area contributed by atoms with Crippen molar-refractivity contribution in [3.05, 3.63) is 11.3 Å². The summed E-state index contributed by atoms with van der Waals surface area (Å²) in [5.41, 5.74) is 0.248. The molecule has 0 radical (unpaired) electrons. The van der Waals surface area contributed by atoms with E-state index in [0.717, 1.165) is 0 Å². The number of hydrogen-bond acceptors (Lipinski definition) is 3. The Bertz CT molecular complexity index is 142. The van der Waals surface area contributed by atoms with E-state index >= 15 is 0 Å². The second-order valence-electron chi connectivity index (χ2n) is 1.70. The molecule has 0 aliphatic carbocycles. The lowest BCUT2D eigenvalue weighted by Crippen LogP contribution is -2.03. The number of carbonyl (C=O) groups excluding carboxylic acids is 1. The third kappa shape index (κ3) is 2.17. The SMILES string of the molecule is COC(=O)/C(C)=C(\C)O. The molecule has 52 valence electrons. The van der Waals surface area contributed by atoms with Crippen LogP contribution in [0.3, 0.4) is 0 Å². The van der Waals surface area contributed by atoms with E-state index in [4.69, 9.17) is 5.11 Å². The molecule has 0 heterocycles. The Kier molecular flexibility index (Phi) is 2.78. The zero-order chi connectivity index (χ0) is 7.44. The predicted octanol–water partition coefficient (Wildman–Crippen LogP) is 1.01. The van der Waals surface area contributed by atoms with Gasteiger partial charge in [-0.1, -0.05) is 0 Å². The molecule has 0 aromatic rings. The largest absolute Gasteiger partial charge is 0.512 e. The average molecular weight is 130 g/mol. The van der Waals surface area contributed by atoms with Gasteiger partial charge in [0, 0.05) is 0 Å². The fourth-order valence-corrected chi connectivity index (χ4v) is 0.301. The van der Waals surface area contributed by atoms with Crippen LogP contribution in [0.4, 0.5) is 0 Å². The van der Waals surface area contributed by atoms with Gasteiger partial charge in [-0.05, 0) is 13.8 Å². The molecule has 9 heavy (non-hydrogen) atoms. The van der Waals surface area contributed by atoms with Crippen molar-refractivity contribution in [1.82, 2.24) is 0 Å². The zero-order valence-electron chi connectivity index (χ0n) is 5.76. The Morgan fingerprint density at radius 1 is 1.44 bits per heavy atom. The molecule has 3 nitrogen and oxygen atoms in total. The lowest BCUT2D eigenvalue weighted by molar-refractivity contribution is -0.136. The molecule has 3 heteroatoms. The molecule has 0 spiro atoms. The first-order chi connectivity index (χ1) is 4.09. The smallest absolute Gasteiger partial charge is 0.336 e. The fraction of sp³-hybridized carbons (Fsp3) is 0.500. The summed E-state index contributed by atoms with van der Waals surface area (Å²) in [5.74, 6) is -0.489. The Hall–Kier alpha value is -0.990. The normalized spacial score (nSPS) is 12.3. The van der Waals surface area contributed by atoms with Gasteiger partial charge >= 0.3 is 5.97 Å². The van der Waals surface area contributed by atoms with Gasteiger partial charge in [-0.15, -0.1) is 0 Å². The van der Waals surface area contributed by atoms with Gasteiger partial charge in [0.15, 0.2) is 0 Å². The number of aliphatic hydroxyl groups is 1. The third-order valence-corrected chi connectivity index (χ3v) is 1.03. The summed E-state index contributed by atoms with van der Waals surface area (Å²) < 4.78 is 4.32. The van der Waals surface area contributed by atoms with Crippen molar-refractivity contribution in [2.45, 2.75) is 13.8 Å². The van der Waals surface area contributed by atoms with Gasteiger partial charge in [-0.25, -0.2) is 4.79 Å². The molecule has 0 fully saturated rings. The Morgan fingerprint density at radius 2 is 1.89 bits per heavy atom. The van der Waals surface area contributed by atoms with Crippen LogP contribution in [0.25, 0.3) is 0 Å². The maximum absolute atomic E-state index is 10.5. The van der Waals surface area contributed by atoms with Gasteiger partial charge in [0.05, 0.1) is 18.4 Å². The second kappa shape index (κ2) is 3.12. The minimum Gasteiger partial charge on any atom is -0.512 e. The van der Waals surface area contributed by atoms with Crippen LogP contribution in [0.5, 0.6) is 0 Å². The summed E-state index contributed by atoms with van der Waals surface area (Å²) in [5, 5.41) is 8.70. The van der Waals surface area contributed by atoms with Crippen LogP contribution in [0.1, 0.15) is 13.8 Å². The Morgan fingerprint density at radius 3 is 2.00 bits per heavy atom. The molecule has 0 aliphatic heterocycles. The molecule has 0 rings (SSSR count). The molecular weight excluding hydrogens is 120 g/mol. The highest BCUT2D eigenvalue weighted by molar-refractivity contribution is 5.87. The predicted molar refractivity (Wildman–Crippen MR) is 33.0 cm³/mol. The van der Waals surface area contributed by atoms with Crippen LogP contribution in [-0.2, 0) is 9.53 Å². The number of esters is 1. The van der Waals surface area contributed by atoms with Crippen LogP contribution < -0.4 is 0 Å². The molecule has 1 N–H and O–H groups in total. The summed E-state index contributed by atoms with van der Waals surface area (Å²) >= 11 is 0. The fourth-order valence-electron chi connectivity index (χ4n) is 0.301. The first-order valence-electron chi connectivity index (χ1n) is 2.54. The maximum Gasteiger partial charge on any atom is 0.336 e. The lowest BCUT2D eigenvalue weighted by Gasteiger charge is -1.97.